The standard InChI is InChI=1S/C63H38N6O/c1-4-19-39(20-5-1)61-64-62(40-21-6-2-7-22-40)66-63(65-61)49-36-35-47-46-29-18-34-55(59(46)70-60(47)58(49)69-51-31-15-10-25-42(51)43-26-11-16-32-52(43)69)68-53-33-17-13-28-48(53)56-54(68)38-37-45-44-27-12-14-30-50(44)67(57(45)56)41-23-8-3-9-24-41/h1-38H. The van der Waals surface area contributed by atoms with Crippen LogP contribution in [0.1, 0.15) is 0 Å². The van der Waals surface area contributed by atoms with Crippen LogP contribution in [-0.2, 0) is 0 Å². The average Bonchev–Trinajstić information content (AvgIpc) is 4.18. The quantitative estimate of drug-likeness (QED) is 0.167. The molecule has 0 unspecified atom stereocenters. The van der Waals surface area contributed by atoms with Gasteiger partial charge < -0.3 is 18.1 Å². The SMILES string of the molecule is c1ccc(-c2nc(-c3ccccc3)nc(-c3ccc4c(oc5c(-n6c7ccccc7c7c6ccc6c8ccccc8n(-c8ccccc8)c67)cccc54)c3-n3c4ccccc4c4ccccc43)n2)cc1. The molecule has 0 bridgehead atoms. The molecule has 5 heterocycles. The van der Waals surface area contributed by atoms with E-state index in [0.29, 0.717) is 17.5 Å². The fraction of sp³-hybridized carbons (Fsp3) is 0. The molecule has 0 aliphatic rings. The normalized spacial score (nSPS) is 12.0. The van der Waals surface area contributed by atoms with Crippen molar-refractivity contribution in [2.24, 2.45) is 0 Å². The number of benzene rings is 10. The van der Waals surface area contributed by atoms with Crippen LogP contribution in [0.4, 0.5) is 0 Å². The Hall–Kier alpha value is -9.59. The third kappa shape index (κ3) is 5.54. The molecule has 7 nitrogen and oxygen atoms in total. The van der Waals surface area contributed by atoms with Gasteiger partial charge in [-0.1, -0.05) is 170 Å². The Kier molecular flexibility index (Phi) is 8.23. The summed E-state index contributed by atoms with van der Waals surface area (Å²) in [4.78, 5) is 15.7. The summed E-state index contributed by atoms with van der Waals surface area (Å²) in [5, 5.41) is 9.08. The van der Waals surface area contributed by atoms with Crippen LogP contribution in [0.5, 0.6) is 0 Å². The highest BCUT2D eigenvalue weighted by Crippen LogP contribution is 2.46. The predicted octanol–water partition coefficient (Wildman–Crippen LogP) is 16.1. The molecule has 0 saturated heterocycles. The van der Waals surface area contributed by atoms with Crippen molar-refractivity contribution < 1.29 is 4.42 Å². The zero-order valence-electron chi connectivity index (χ0n) is 37.5. The fourth-order valence-electron chi connectivity index (χ4n) is 11.1. The van der Waals surface area contributed by atoms with Crippen molar-refractivity contribution in [3.05, 3.63) is 231 Å². The molecule has 0 N–H and O–H groups in total. The van der Waals surface area contributed by atoms with Crippen molar-refractivity contribution in [3.8, 4) is 51.2 Å². The van der Waals surface area contributed by atoms with Crippen LogP contribution in [0.25, 0.3) is 139 Å². The van der Waals surface area contributed by atoms with E-state index in [4.69, 9.17) is 19.4 Å². The van der Waals surface area contributed by atoms with E-state index in [1.54, 1.807) is 0 Å². The van der Waals surface area contributed by atoms with E-state index in [-0.39, 0.29) is 0 Å². The van der Waals surface area contributed by atoms with Gasteiger partial charge in [0.1, 0.15) is 5.69 Å². The maximum atomic E-state index is 7.56. The van der Waals surface area contributed by atoms with Crippen LogP contribution in [0.15, 0.2) is 235 Å². The number of hydrogen-bond acceptors (Lipinski definition) is 4. The van der Waals surface area contributed by atoms with E-state index in [1.165, 1.54) is 32.6 Å². The third-order valence-corrected chi connectivity index (χ3v) is 14.1. The molecule has 5 aromatic heterocycles. The molecule has 15 aromatic rings. The molecule has 15 rings (SSSR count). The summed E-state index contributed by atoms with van der Waals surface area (Å²) in [6, 6.07) is 81.2. The molecule has 0 amide bonds. The van der Waals surface area contributed by atoms with Gasteiger partial charge in [-0.2, -0.15) is 0 Å². The Morgan fingerprint density at radius 3 is 1.40 bits per heavy atom. The van der Waals surface area contributed by atoms with E-state index in [1.807, 2.05) is 60.7 Å². The van der Waals surface area contributed by atoms with Gasteiger partial charge in [-0.25, -0.2) is 15.0 Å². The summed E-state index contributed by atoms with van der Waals surface area (Å²) < 4.78 is 14.7. The minimum absolute atomic E-state index is 0.548. The van der Waals surface area contributed by atoms with E-state index >= 15 is 0 Å². The highest BCUT2D eigenvalue weighted by molar-refractivity contribution is 6.27. The Labute approximate surface area is 400 Å². The molecule has 7 heteroatoms. The lowest BCUT2D eigenvalue weighted by molar-refractivity contribution is 0.664. The highest BCUT2D eigenvalue weighted by Gasteiger charge is 2.27. The number of para-hydroxylation sites is 6. The van der Waals surface area contributed by atoms with Crippen LogP contribution in [0.2, 0.25) is 0 Å². The summed E-state index contributed by atoms with van der Waals surface area (Å²) in [7, 11) is 0. The van der Waals surface area contributed by atoms with Crippen LogP contribution in [0.3, 0.4) is 0 Å². The van der Waals surface area contributed by atoms with Crippen LogP contribution < -0.4 is 0 Å². The van der Waals surface area contributed by atoms with Gasteiger partial charge in [0, 0.05) is 65.5 Å². The number of aromatic nitrogens is 6. The second kappa shape index (κ2) is 15.0. The maximum absolute atomic E-state index is 7.56. The van der Waals surface area contributed by atoms with Crippen molar-refractivity contribution in [2.45, 2.75) is 0 Å². The summed E-state index contributed by atoms with van der Waals surface area (Å²) in [6.07, 6.45) is 0. The monoisotopic (exact) mass is 894 g/mol. The van der Waals surface area contributed by atoms with E-state index in [9.17, 15) is 0 Å². The van der Waals surface area contributed by atoms with E-state index in [0.717, 1.165) is 88.5 Å². The molecule has 0 aliphatic carbocycles. The van der Waals surface area contributed by atoms with Gasteiger partial charge >= 0.3 is 0 Å². The van der Waals surface area contributed by atoms with Crippen molar-refractivity contribution in [2.75, 3.05) is 0 Å². The maximum Gasteiger partial charge on any atom is 0.166 e. The lowest BCUT2D eigenvalue weighted by atomic mass is 10.1. The number of furan rings is 1. The van der Waals surface area contributed by atoms with Gasteiger partial charge in [0.15, 0.2) is 28.6 Å². The Balaban J connectivity index is 1.06. The highest BCUT2D eigenvalue weighted by atomic mass is 16.3. The van der Waals surface area contributed by atoms with Gasteiger partial charge in [0.05, 0.1) is 38.8 Å². The molecule has 0 spiro atoms. The Bertz CT molecular complexity index is 4470. The van der Waals surface area contributed by atoms with Crippen LogP contribution >= 0.6 is 0 Å². The minimum atomic E-state index is 0.548. The van der Waals surface area contributed by atoms with Gasteiger partial charge in [0.2, 0.25) is 0 Å². The molecule has 10 aromatic carbocycles. The van der Waals surface area contributed by atoms with Crippen molar-refractivity contribution in [1.82, 2.24) is 28.7 Å². The first-order valence-corrected chi connectivity index (χ1v) is 23.6. The predicted molar refractivity (Wildman–Crippen MR) is 286 cm³/mol. The minimum Gasteiger partial charge on any atom is -0.452 e. The third-order valence-electron chi connectivity index (χ3n) is 14.1. The van der Waals surface area contributed by atoms with Crippen LogP contribution in [-0.4, -0.2) is 28.7 Å². The van der Waals surface area contributed by atoms with Gasteiger partial charge in [0.25, 0.3) is 0 Å². The molecule has 0 atom stereocenters. The zero-order chi connectivity index (χ0) is 45.9. The lowest BCUT2D eigenvalue weighted by Crippen LogP contribution is -2.04. The first kappa shape index (κ1) is 38.5. The van der Waals surface area contributed by atoms with Gasteiger partial charge in [-0.3, -0.25) is 0 Å². The first-order valence-electron chi connectivity index (χ1n) is 23.6. The van der Waals surface area contributed by atoms with E-state index < -0.39 is 0 Å². The second-order valence-corrected chi connectivity index (χ2v) is 17.9. The van der Waals surface area contributed by atoms with Crippen molar-refractivity contribution in [1.29, 1.82) is 0 Å². The average molecular weight is 895 g/mol. The summed E-state index contributed by atoms with van der Waals surface area (Å²) in [5.74, 6) is 1.74. The van der Waals surface area contributed by atoms with E-state index in [2.05, 4.69) is 184 Å². The molecule has 70 heavy (non-hydrogen) atoms. The summed E-state index contributed by atoms with van der Waals surface area (Å²) in [5.41, 5.74) is 13.7. The lowest BCUT2D eigenvalue weighted by Gasteiger charge is -2.15. The Morgan fingerprint density at radius 2 is 0.771 bits per heavy atom. The molecular formula is C63H38N6O. The molecule has 326 valence electrons. The number of nitrogens with zero attached hydrogens (tertiary/aromatic N) is 6. The van der Waals surface area contributed by atoms with Gasteiger partial charge in [-0.15, -0.1) is 0 Å². The number of fused-ring (bicyclic) bond motifs is 13. The fourth-order valence-corrected chi connectivity index (χ4v) is 11.1. The van der Waals surface area contributed by atoms with Crippen molar-refractivity contribution >= 4 is 87.4 Å². The topological polar surface area (TPSA) is 66.6 Å². The Morgan fingerprint density at radius 1 is 0.300 bits per heavy atom. The number of hydrogen-bond donors (Lipinski definition) is 0. The molecule has 0 aliphatic heterocycles. The first-order chi connectivity index (χ1) is 34.8. The zero-order valence-corrected chi connectivity index (χ0v) is 37.5. The van der Waals surface area contributed by atoms with Gasteiger partial charge in [-0.05, 0) is 60.7 Å². The second-order valence-electron chi connectivity index (χ2n) is 17.9. The largest absolute Gasteiger partial charge is 0.452 e. The van der Waals surface area contributed by atoms with Crippen LogP contribution in [0, 0.1) is 0 Å². The summed E-state index contributed by atoms with van der Waals surface area (Å²) >= 11 is 0. The summed E-state index contributed by atoms with van der Waals surface area (Å²) in [6.45, 7) is 0. The molecular weight excluding hydrogens is 857 g/mol. The number of rotatable bonds is 6. The molecule has 0 fully saturated rings. The molecule has 0 saturated carbocycles. The molecule has 0 radical (unpaired) electrons. The smallest absolute Gasteiger partial charge is 0.166 e. The van der Waals surface area contributed by atoms with Crippen molar-refractivity contribution in [3.63, 3.8) is 0 Å².